The van der Waals surface area contributed by atoms with Gasteiger partial charge in [-0.3, -0.25) is 4.79 Å². The molecule has 1 aromatic carbocycles. The minimum atomic E-state index is -0.229. The van der Waals surface area contributed by atoms with Gasteiger partial charge in [-0.2, -0.15) is 4.73 Å². The number of nitrogens with one attached hydrogen (secondary N) is 1. The highest BCUT2D eigenvalue weighted by atomic mass is 16.5. The first kappa shape index (κ1) is 15.3. The summed E-state index contributed by atoms with van der Waals surface area (Å²) in [6.07, 6.45) is 2.62. The van der Waals surface area contributed by atoms with Gasteiger partial charge in [0.1, 0.15) is 0 Å². The van der Waals surface area contributed by atoms with E-state index in [1.165, 1.54) is 24.5 Å². The first-order valence-electron chi connectivity index (χ1n) is 7.57. The summed E-state index contributed by atoms with van der Waals surface area (Å²) in [5.74, 6) is -0.229. The lowest BCUT2D eigenvalue weighted by molar-refractivity contribution is -0.605. The number of rotatable bonds is 3. The number of anilines is 2. The van der Waals surface area contributed by atoms with Gasteiger partial charge in [-0.15, -0.1) is 0 Å². The molecule has 6 heteroatoms. The Labute approximate surface area is 134 Å². The van der Waals surface area contributed by atoms with Crippen LogP contribution in [0.15, 0.2) is 42.7 Å². The number of carbonyl (C=O) groups is 1. The summed E-state index contributed by atoms with van der Waals surface area (Å²) in [7, 11) is 0. The van der Waals surface area contributed by atoms with Gasteiger partial charge < -0.3 is 20.2 Å². The molecule has 1 saturated heterocycles. The maximum atomic E-state index is 12.2. The lowest BCUT2D eigenvalue weighted by Crippen LogP contribution is -2.36. The average molecular weight is 313 g/mol. The Kier molecular flexibility index (Phi) is 4.43. The zero-order valence-corrected chi connectivity index (χ0v) is 13.0. The standard InChI is InChI=1S/C17H19N3O3/c1-13-12-15(19-8-10-23-11-9-19)2-3-16(13)18-17(21)14-4-6-20(22)7-5-14/h2-7,12H,8-11H2,1H3,(H,18,21). The molecule has 0 radical (unpaired) electrons. The molecule has 0 atom stereocenters. The van der Waals surface area contributed by atoms with E-state index in [2.05, 4.69) is 16.3 Å². The number of benzene rings is 1. The van der Waals surface area contributed by atoms with Gasteiger partial charge >= 0.3 is 0 Å². The zero-order chi connectivity index (χ0) is 16.2. The van der Waals surface area contributed by atoms with Crippen LogP contribution in [0.1, 0.15) is 15.9 Å². The number of ether oxygens (including phenoxy) is 1. The fraction of sp³-hybridized carbons (Fsp3) is 0.294. The monoisotopic (exact) mass is 313 g/mol. The molecule has 3 rings (SSSR count). The molecule has 2 aromatic rings. The minimum Gasteiger partial charge on any atom is -0.619 e. The Morgan fingerprint density at radius 2 is 1.91 bits per heavy atom. The van der Waals surface area contributed by atoms with E-state index in [-0.39, 0.29) is 5.91 Å². The molecule has 1 aromatic heterocycles. The summed E-state index contributed by atoms with van der Waals surface area (Å²) >= 11 is 0. The summed E-state index contributed by atoms with van der Waals surface area (Å²) in [6, 6.07) is 8.98. The third kappa shape index (κ3) is 3.60. The summed E-state index contributed by atoms with van der Waals surface area (Å²) < 4.78 is 6.01. The number of carbonyl (C=O) groups excluding carboxylic acids is 1. The van der Waals surface area contributed by atoms with E-state index in [9.17, 15) is 10.0 Å². The Morgan fingerprint density at radius 3 is 2.57 bits per heavy atom. The summed E-state index contributed by atoms with van der Waals surface area (Å²) in [5, 5.41) is 13.9. The molecule has 6 nitrogen and oxygen atoms in total. The normalized spacial score (nSPS) is 14.6. The van der Waals surface area contributed by atoms with Gasteiger partial charge in [0.25, 0.3) is 5.91 Å². The van der Waals surface area contributed by atoms with Crippen LogP contribution in [-0.2, 0) is 4.74 Å². The molecule has 2 heterocycles. The van der Waals surface area contributed by atoms with Crippen molar-refractivity contribution in [1.82, 2.24) is 0 Å². The lowest BCUT2D eigenvalue weighted by Gasteiger charge is -2.29. The summed E-state index contributed by atoms with van der Waals surface area (Å²) in [5.41, 5.74) is 3.35. The lowest BCUT2D eigenvalue weighted by atomic mass is 10.1. The summed E-state index contributed by atoms with van der Waals surface area (Å²) in [4.78, 5) is 14.5. The third-order valence-corrected chi connectivity index (χ3v) is 3.90. The van der Waals surface area contributed by atoms with Crippen LogP contribution in [0.4, 0.5) is 11.4 Å². The van der Waals surface area contributed by atoms with Gasteiger partial charge in [0.2, 0.25) is 0 Å². The number of aryl methyl sites for hydroxylation is 1. The largest absolute Gasteiger partial charge is 0.619 e. The Hall–Kier alpha value is -2.60. The molecule has 1 N–H and O–H groups in total. The number of hydrogen-bond donors (Lipinski definition) is 1. The molecule has 0 aliphatic carbocycles. The van der Waals surface area contributed by atoms with Gasteiger partial charge in [-0.05, 0) is 30.7 Å². The van der Waals surface area contributed by atoms with Crippen LogP contribution in [0.2, 0.25) is 0 Å². The van der Waals surface area contributed by atoms with Crippen LogP contribution in [-0.4, -0.2) is 32.2 Å². The van der Waals surface area contributed by atoms with Crippen LogP contribution in [0.3, 0.4) is 0 Å². The molecule has 0 saturated carbocycles. The van der Waals surface area contributed by atoms with Crippen LogP contribution in [0.25, 0.3) is 0 Å². The van der Waals surface area contributed by atoms with E-state index in [0.29, 0.717) is 10.3 Å². The van der Waals surface area contributed by atoms with Gasteiger partial charge in [-0.25, -0.2) is 0 Å². The van der Waals surface area contributed by atoms with Crippen LogP contribution < -0.4 is 14.9 Å². The first-order valence-corrected chi connectivity index (χ1v) is 7.57. The van der Waals surface area contributed by atoms with Crippen molar-refractivity contribution in [2.24, 2.45) is 0 Å². The highest BCUT2D eigenvalue weighted by Gasteiger charge is 2.13. The van der Waals surface area contributed by atoms with Crippen molar-refractivity contribution in [3.05, 3.63) is 59.1 Å². The highest BCUT2D eigenvalue weighted by Crippen LogP contribution is 2.23. The smallest absolute Gasteiger partial charge is 0.256 e. The van der Waals surface area contributed by atoms with Crippen LogP contribution in [0.5, 0.6) is 0 Å². The van der Waals surface area contributed by atoms with E-state index < -0.39 is 0 Å². The number of morpholine rings is 1. The molecular formula is C17H19N3O3. The SMILES string of the molecule is Cc1cc(N2CCOCC2)ccc1NC(=O)c1cc[n+]([O-])cc1. The van der Waals surface area contributed by atoms with Gasteiger partial charge in [0, 0.05) is 36.6 Å². The average Bonchev–Trinajstić information content (AvgIpc) is 2.58. The third-order valence-electron chi connectivity index (χ3n) is 3.90. The minimum absolute atomic E-state index is 0.229. The highest BCUT2D eigenvalue weighted by molar-refractivity contribution is 6.04. The van der Waals surface area contributed by atoms with E-state index in [1.807, 2.05) is 19.1 Å². The zero-order valence-electron chi connectivity index (χ0n) is 13.0. The number of hydrogen-bond acceptors (Lipinski definition) is 4. The van der Waals surface area contributed by atoms with Crippen molar-refractivity contribution in [3.8, 4) is 0 Å². The second kappa shape index (κ2) is 6.66. The van der Waals surface area contributed by atoms with E-state index in [1.54, 1.807) is 0 Å². The predicted octanol–water partition coefficient (Wildman–Crippen LogP) is 1.72. The molecule has 0 spiro atoms. The number of pyridine rings is 1. The molecule has 23 heavy (non-hydrogen) atoms. The van der Waals surface area contributed by atoms with Gasteiger partial charge in [0.05, 0.1) is 18.8 Å². The van der Waals surface area contributed by atoms with Gasteiger partial charge in [-0.1, -0.05) is 0 Å². The van der Waals surface area contributed by atoms with Crippen molar-refractivity contribution in [1.29, 1.82) is 0 Å². The van der Waals surface area contributed by atoms with Crippen LogP contribution >= 0.6 is 0 Å². The predicted molar refractivity (Wildman–Crippen MR) is 87.6 cm³/mol. The molecule has 0 unspecified atom stereocenters. The molecular weight excluding hydrogens is 294 g/mol. The summed E-state index contributed by atoms with van der Waals surface area (Å²) in [6.45, 7) is 5.21. The number of nitrogens with zero attached hydrogens (tertiary/aromatic N) is 2. The topological polar surface area (TPSA) is 68.5 Å². The second-order valence-electron chi connectivity index (χ2n) is 5.50. The van der Waals surface area contributed by atoms with Gasteiger partial charge in [0.15, 0.2) is 12.4 Å². The quantitative estimate of drug-likeness (QED) is 0.692. The van der Waals surface area contributed by atoms with E-state index in [4.69, 9.17) is 4.74 Å². The maximum absolute atomic E-state index is 12.2. The molecule has 1 aliphatic rings. The van der Waals surface area contributed by atoms with Crippen molar-refractivity contribution in [2.45, 2.75) is 6.92 Å². The molecule has 1 aliphatic heterocycles. The fourth-order valence-electron chi connectivity index (χ4n) is 2.56. The Morgan fingerprint density at radius 1 is 1.22 bits per heavy atom. The van der Waals surface area contributed by atoms with Crippen molar-refractivity contribution in [3.63, 3.8) is 0 Å². The first-order chi connectivity index (χ1) is 11.1. The number of amides is 1. The van der Waals surface area contributed by atoms with Crippen LogP contribution in [0, 0.1) is 12.1 Å². The van der Waals surface area contributed by atoms with E-state index >= 15 is 0 Å². The van der Waals surface area contributed by atoms with Crippen molar-refractivity contribution in [2.75, 3.05) is 36.5 Å². The second-order valence-corrected chi connectivity index (χ2v) is 5.50. The Balaban J connectivity index is 1.73. The molecule has 1 fully saturated rings. The van der Waals surface area contributed by atoms with E-state index in [0.717, 1.165) is 43.2 Å². The Bertz CT molecular complexity index is 695. The van der Waals surface area contributed by atoms with Crippen molar-refractivity contribution >= 4 is 17.3 Å². The molecule has 120 valence electrons. The number of aromatic nitrogens is 1. The fourth-order valence-corrected chi connectivity index (χ4v) is 2.56. The molecule has 1 amide bonds. The van der Waals surface area contributed by atoms with Crippen molar-refractivity contribution < 1.29 is 14.3 Å². The molecule has 0 bridgehead atoms. The maximum Gasteiger partial charge on any atom is 0.256 e.